The Kier molecular flexibility index (Phi) is 5.00. The largest absolute Gasteiger partial charge is 0.391 e. The summed E-state index contributed by atoms with van der Waals surface area (Å²) in [4.78, 5) is 2.21. The lowest BCUT2D eigenvalue weighted by atomic mass is 9.70. The molecular weight excluding hydrogens is 265 g/mol. The van der Waals surface area contributed by atoms with Gasteiger partial charge in [0.05, 0.1) is 5.92 Å². The Morgan fingerprint density at radius 3 is 2.10 bits per heavy atom. The molecule has 2 fully saturated rings. The highest BCUT2D eigenvalue weighted by Crippen LogP contribution is 2.40. The molecule has 0 unspecified atom stereocenters. The van der Waals surface area contributed by atoms with Crippen LogP contribution in [-0.2, 0) is 0 Å². The summed E-state index contributed by atoms with van der Waals surface area (Å²) in [6.45, 7) is 4.97. The molecule has 0 radical (unpaired) electrons. The SMILES string of the molecule is CC1CCC(CN)(CN2CCC(C(F)(F)F)CC2)CC1. The predicted molar refractivity (Wildman–Crippen MR) is 74.3 cm³/mol. The van der Waals surface area contributed by atoms with Gasteiger partial charge in [0, 0.05) is 6.54 Å². The van der Waals surface area contributed by atoms with E-state index in [4.69, 9.17) is 5.73 Å². The number of alkyl halides is 3. The lowest BCUT2D eigenvalue weighted by Crippen LogP contribution is -2.48. The first-order valence-electron chi connectivity index (χ1n) is 7.84. The molecule has 1 aliphatic carbocycles. The topological polar surface area (TPSA) is 29.3 Å². The van der Waals surface area contributed by atoms with Crippen molar-refractivity contribution in [2.24, 2.45) is 23.0 Å². The third kappa shape index (κ3) is 3.88. The van der Waals surface area contributed by atoms with Gasteiger partial charge in [0.1, 0.15) is 0 Å². The van der Waals surface area contributed by atoms with E-state index in [9.17, 15) is 13.2 Å². The van der Waals surface area contributed by atoms with E-state index in [-0.39, 0.29) is 18.3 Å². The van der Waals surface area contributed by atoms with E-state index in [2.05, 4.69) is 11.8 Å². The standard InChI is InChI=1S/C15H27F3N2/c1-12-2-6-14(10-19,7-3-12)11-20-8-4-13(5-9-20)15(16,17)18/h12-13H,2-11,19H2,1H3. The Balaban J connectivity index is 1.85. The summed E-state index contributed by atoms with van der Waals surface area (Å²) >= 11 is 0. The lowest BCUT2D eigenvalue weighted by molar-refractivity contribution is -0.185. The molecule has 0 aromatic heterocycles. The van der Waals surface area contributed by atoms with E-state index in [1.807, 2.05) is 0 Å². The third-order valence-electron chi connectivity index (χ3n) is 5.38. The zero-order valence-electron chi connectivity index (χ0n) is 12.4. The molecule has 1 saturated carbocycles. The molecule has 2 N–H and O–H groups in total. The molecule has 5 heteroatoms. The Morgan fingerprint density at radius 2 is 1.65 bits per heavy atom. The van der Waals surface area contributed by atoms with Gasteiger partial charge in [0.15, 0.2) is 0 Å². The van der Waals surface area contributed by atoms with Gasteiger partial charge in [-0.05, 0) is 56.7 Å². The Hall–Kier alpha value is -0.290. The minimum atomic E-state index is -4.02. The fraction of sp³-hybridized carbons (Fsp3) is 1.00. The molecule has 2 aliphatic rings. The van der Waals surface area contributed by atoms with Crippen molar-refractivity contribution in [3.63, 3.8) is 0 Å². The first-order chi connectivity index (χ1) is 9.35. The van der Waals surface area contributed by atoms with Gasteiger partial charge >= 0.3 is 6.18 Å². The van der Waals surface area contributed by atoms with E-state index >= 15 is 0 Å². The molecule has 20 heavy (non-hydrogen) atoms. The fourth-order valence-corrected chi connectivity index (χ4v) is 3.69. The fourth-order valence-electron chi connectivity index (χ4n) is 3.69. The van der Waals surface area contributed by atoms with Crippen LogP contribution in [-0.4, -0.2) is 37.3 Å². The Bertz CT molecular complexity index is 301. The van der Waals surface area contributed by atoms with Crippen LogP contribution >= 0.6 is 0 Å². The number of halogens is 3. The molecule has 0 atom stereocenters. The summed E-state index contributed by atoms with van der Waals surface area (Å²) in [6.07, 6.45) is 1.15. The molecule has 2 nitrogen and oxygen atoms in total. The molecule has 1 saturated heterocycles. The molecule has 0 spiro atoms. The van der Waals surface area contributed by atoms with Gasteiger partial charge in [0.2, 0.25) is 0 Å². The highest BCUT2D eigenvalue weighted by Gasteiger charge is 2.42. The van der Waals surface area contributed by atoms with Crippen LogP contribution in [0.25, 0.3) is 0 Å². The molecular formula is C15H27F3N2. The van der Waals surface area contributed by atoms with Crippen LogP contribution in [0.15, 0.2) is 0 Å². The Labute approximate surface area is 119 Å². The number of hydrogen-bond donors (Lipinski definition) is 1. The molecule has 0 amide bonds. The van der Waals surface area contributed by atoms with Gasteiger partial charge in [-0.25, -0.2) is 0 Å². The minimum absolute atomic E-state index is 0.150. The van der Waals surface area contributed by atoms with Crippen molar-refractivity contribution in [2.75, 3.05) is 26.2 Å². The van der Waals surface area contributed by atoms with Crippen LogP contribution in [0, 0.1) is 17.3 Å². The number of piperidine rings is 1. The van der Waals surface area contributed by atoms with Gasteiger partial charge in [-0.2, -0.15) is 13.2 Å². The maximum Gasteiger partial charge on any atom is 0.391 e. The number of hydrogen-bond acceptors (Lipinski definition) is 2. The molecule has 1 heterocycles. The van der Waals surface area contributed by atoms with Crippen molar-refractivity contribution in [1.29, 1.82) is 0 Å². The van der Waals surface area contributed by atoms with Crippen molar-refractivity contribution in [3.05, 3.63) is 0 Å². The molecule has 118 valence electrons. The first kappa shape index (κ1) is 16.1. The summed E-state index contributed by atoms with van der Waals surface area (Å²) < 4.78 is 38.0. The highest BCUT2D eigenvalue weighted by molar-refractivity contribution is 4.90. The van der Waals surface area contributed by atoms with Gasteiger partial charge < -0.3 is 10.6 Å². The summed E-state index contributed by atoms with van der Waals surface area (Å²) in [5.74, 6) is -0.329. The second kappa shape index (κ2) is 6.22. The van der Waals surface area contributed by atoms with E-state index in [0.717, 1.165) is 25.3 Å². The van der Waals surface area contributed by atoms with Crippen LogP contribution < -0.4 is 5.73 Å². The van der Waals surface area contributed by atoms with Gasteiger partial charge in [-0.15, -0.1) is 0 Å². The van der Waals surface area contributed by atoms with E-state index < -0.39 is 12.1 Å². The van der Waals surface area contributed by atoms with Crippen LogP contribution in [0.3, 0.4) is 0 Å². The average Bonchev–Trinajstić information content (AvgIpc) is 2.41. The minimum Gasteiger partial charge on any atom is -0.330 e. The van der Waals surface area contributed by atoms with Gasteiger partial charge in [-0.1, -0.05) is 19.8 Å². The monoisotopic (exact) mass is 292 g/mol. The number of nitrogens with two attached hydrogens (primary N) is 1. The molecule has 0 aromatic carbocycles. The summed E-state index contributed by atoms with van der Waals surface area (Å²) in [5.41, 5.74) is 6.14. The average molecular weight is 292 g/mol. The van der Waals surface area contributed by atoms with E-state index in [1.54, 1.807) is 0 Å². The quantitative estimate of drug-likeness (QED) is 0.863. The van der Waals surface area contributed by atoms with Crippen molar-refractivity contribution in [2.45, 2.75) is 51.6 Å². The maximum atomic E-state index is 12.7. The molecule has 2 rings (SSSR count). The summed E-state index contributed by atoms with van der Waals surface area (Å²) in [7, 11) is 0. The smallest absolute Gasteiger partial charge is 0.330 e. The second-order valence-electron chi connectivity index (χ2n) is 6.98. The van der Waals surface area contributed by atoms with Gasteiger partial charge in [-0.3, -0.25) is 0 Å². The lowest BCUT2D eigenvalue weighted by Gasteiger charge is -2.44. The highest BCUT2D eigenvalue weighted by atomic mass is 19.4. The van der Waals surface area contributed by atoms with Crippen LogP contribution in [0.5, 0.6) is 0 Å². The zero-order valence-corrected chi connectivity index (χ0v) is 12.4. The van der Waals surface area contributed by atoms with Crippen LogP contribution in [0.1, 0.15) is 45.4 Å². The predicted octanol–water partition coefficient (Wildman–Crippen LogP) is 3.42. The number of rotatable bonds is 3. The van der Waals surface area contributed by atoms with Gasteiger partial charge in [0.25, 0.3) is 0 Å². The maximum absolute atomic E-state index is 12.7. The first-order valence-corrected chi connectivity index (χ1v) is 7.84. The summed E-state index contributed by atoms with van der Waals surface area (Å²) in [6, 6.07) is 0. The molecule has 1 aliphatic heterocycles. The summed E-state index contributed by atoms with van der Waals surface area (Å²) in [5, 5.41) is 0. The van der Waals surface area contributed by atoms with Crippen molar-refractivity contribution >= 4 is 0 Å². The van der Waals surface area contributed by atoms with E-state index in [1.165, 1.54) is 12.8 Å². The van der Waals surface area contributed by atoms with Crippen molar-refractivity contribution < 1.29 is 13.2 Å². The third-order valence-corrected chi connectivity index (χ3v) is 5.38. The van der Waals surface area contributed by atoms with Crippen LogP contribution in [0.2, 0.25) is 0 Å². The molecule has 0 aromatic rings. The number of nitrogens with zero attached hydrogens (tertiary/aromatic N) is 1. The van der Waals surface area contributed by atoms with Crippen molar-refractivity contribution in [3.8, 4) is 0 Å². The second-order valence-corrected chi connectivity index (χ2v) is 6.98. The Morgan fingerprint density at radius 1 is 1.10 bits per heavy atom. The zero-order chi connectivity index (χ0) is 14.8. The number of likely N-dealkylation sites (tertiary alicyclic amines) is 1. The van der Waals surface area contributed by atoms with Crippen molar-refractivity contribution in [1.82, 2.24) is 4.90 Å². The van der Waals surface area contributed by atoms with E-state index in [0.29, 0.717) is 19.6 Å². The molecule has 0 bridgehead atoms. The normalized spacial score (nSPS) is 34.4. The van der Waals surface area contributed by atoms with Crippen LogP contribution in [0.4, 0.5) is 13.2 Å².